The second-order valence-corrected chi connectivity index (χ2v) is 4.71. The first-order chi connectivity index (χ1) is 8.69. The lowest BCUT2D eigenvalue weighted by atomic mass is 10.1. The number of esters is 1. The molecule has 0 aromatic heterocycles. The van der Waals surface area contributed by atoms with E-state index in [-0.39, 0.29) is 5.97 Å². The van der Waals surface area contributed by atoms with E-state index in [1.54, 1.807) is 26.0 Å². The van der Waals surface area contributed by atoms with E-state index in [0.717, 1.165) is 10.5 Å². The van der Waals surface area contributed by atoms with Crippen LogP contribution >= 0.6 is 11.8 Å². The summed E-state index contributed by atoms with van der Waals surface area (Å²) in [6.07, 6.45) is 1.83. The fraction of sp³-hybridized carbons (Fsp3) is 0.308. The Morgan fingerprint density at radius 3 is 2.44 bits per heavy atom. The highest BCUT2D eigenvalue weighted by Gasteiger charge is 2.19. The number of carbonyl (C=O) groups is 1. The van der Waals surface area contributed by atoms with Gasteiger partial charge in [-0.15, -0.1) is 11.8 Å². The van der Waals surface area contributed by atoms with E-state index in [4.69, 9.17) is 14.2 Å². The van der Waals surface area contributed by atoms with Gasteiger partial charge in [-0.25, -0.2) is 4.79 Å². The van der Waals surface area contributed by atoms with Gasteiger partial charge in [-0.2, -0.15) is 0 Å². The van der Waals surface area contributed by atoms with Gasteiger partial charge >= 0.3 is 5.97 Å². The van der Waals surface area contributed by atoms with E-state index in [1.807, 2.05) is 18.2 Å². The third kappa shape index (κ3) is 2.31. The summed E-state index contributed by atoms with van der Waals surface area (Å²) in [5.41, 5.74) is 1.60. The number of hydrogen-bond donors (Lipinski definition) is 0. The number of fused-ring (bicyclic) bond motifs is 1. The number of benzene rings is 1. The van der Waals surface area contributed by atoms with Crippen LogP contribution in [0.25, 0.3) is 6.08 Å². The average Bonchev–Trinajstić information content (AvgIpc) is 2.44. The standard InChI is InChI=1S/C13H14O4S/c1-15-10-5-8-4-9(13(14)17-3)7-18-12(8)6-11(10)16-2/h4-6H,7H2,1-3H3. The van der Waals surface area contributed by atoms with Gasteiger partial charge < -0.3 is 14.2 Å². The van der Waals surface area contributed by atoms with E-state index in [9.17, 15) is 4.79 Å². The number of methoxy groups -OCH3 is 3. The molecule has 0 saturated carbocycles. The lowest BCUT2D eigenvalue weighted by Crippen LogP contribution is -2.09. The molecule has 1 aliphatic rings. The van der Waals surface area contributed by atoms with E-state index >= 15 is 0 Å². The van der Waals surface area contributed by atoms with Crippen LogP contribution < -0.4 is 9.47 Å². The first-order valence-electron chi connectivity index (χ1n) is 5.37. The summed E-state index contributed by atoms with van der Waals surface area (Å²) < 4.78 is 15.2. The Morgan fingerprint density at radius 1 is 1.17 bits per heavy atom. The van der Waals surface area contributed by atoms with Gasteiger partial charge in [0.25, 0.3) is 0 Å². The first-order valence-corrected chi connectivity index (χ1v) is 6.36. The quantitative estimate of drug-likeness (QED) is 0.786. The fourth-order valence-electron chi connectivity index (χ4n) is 1.75. The molecular formula is C13H14O4S. The van der Waals surface area contributed by atoms with Crippen LogP contribution in [0.15, 0.2) is 22.6 Å². The molecule has 0 bridgehead atoms. The SMILES string of the molecule is COC(=O)C1=Cc2cc(OC)c(OC)cc2SC1. The molecule has 18 heavy (non-hydrogen) atoms. The Morgan fingerprint density at radius 2 is 1.83 bits per heavy atom. The van der Waals surface area contributed by atoms with Crippen LogP contribution in [0.3, 0.4) is 0 Å². The molecule has 0 radical (unpaired) electrons. The first kappa shape index (κ1) is 12.8. The van der Waals surface area contributed by atoms with Crippen molar-refractivity contribution in [3.8, 4) is 11.5 Å². The summed E-state index contributed by atoms with van der Waals surface area (Å²) >= 11 is 1.58. The summed E-state index contributed by atoms with van der Waals surface area (Å²) in [4.78, 5) is 12.6. The van der Waals surface area contributed by atoms with Gasteiger partial charge in [0.2, 0.25) is 0 Å². The largest absolute Gasteiger partial charge is 0.493 e. The van der Waals surface area contributed by atoms with Crippen molar-refractivity contribution in [2.45, 2.75) is 4.90 Å². The van der Waals surface area contributed by atoms with Crippen molar-refractivity contribution < 1.29 is 19.0 Å². The summed E-state index contributed by atoms with van der Waals surface area (Å²) in [7, 11) is 4.58. The third-order valence-corrected chi connectivity index (χ3v) is 3.80. The minimum atomic E-state index is -0.289. The van der Waals surface area contributed by atoms with Crippen molar-refractivity contribution in [1.29, 1.82) is 0 Å². The number of carbonyl (C=O) groups excluding carboxylic acids is 1. The molecule has 0 amide bonds. The molecular weight excluding hydrogens is 252 g/mol. The van der Waals surface area contributed by atoms with Crippen molar-refractivity contribution >= 4 is 23.8 Å². The van der Waals surface area contributed by atoms with Gasteiger partial charge in [-0.1, -0.05) is 0 Å². The second-order valence-electron chi connectivity index (χ2n) is 3.69. The predicted molar refractivity (Wildman–Crippen MR) is 70.3 cm³/mol. The van der Waals surface area contributed by atoms with E-state index in [0.29, 0.717) is 22.8 Å². The van der Waals surface area contributed by atoms with Gasteiger partial charge in [-0.05, 0) is 23.8 Å². The molecule has 96 valence electrons. The van der Waals surface area contributed by atoms with Gasteiger partial charge in [0.1, 0.15) is 0 Å². The van der Waals surface area contributed by atoms with Crippen molar-refractivity contribution in [3.63, 3.8) is 0 Å². The van der Waals surface area contributed by atoms with Crippen LogP contribution in [-0.2, 0) is 9.53 Å². The maximum atomic E-state index is 11.5. The van der Waals surface area contributed by atoms with Crippen molar-refractivity contribution in [2.24, 2.45) is 0 Å². The maximum absolute atomic E-state index is 11.5. The molecule has 0 atom stereocenters. The summed E-state index contributed by atoms with van der Waals surface area (Å²) in [6, 6.07) is 3.78. The molecule has 0 unspecified atom stereocenters. The smallest absolute Gasteiger partial charge is 0.334 e. The van der Waals surface area contributed by atoms with Crippen molar-refractivity contribution in [3.05, 3.63) is 23.3 Å². The van der Waals surface area contributed by atoms with Gasteiger partial charge in [-0.3, -0.25) is 0 Å². The highest BCUT2D eigenvalue weighted by Crippen LogP contribution is 2.39. The topological polar surface area (TPSA) is 44.8 Å². The molecule has 2 rings (SSSR count). The maximum Gasteiger partial charge on any atom is 0.334 e. The van der Waals surface area contributed by atoms with Crippen molar-refractivity contribution in [1.82, 2.24) is 0 Å². The lowest BCUT2D eigenvalue weighted by Gasteiger charge is -2.17. The van der Waals surface area contributed by atoms with Crippen LogP contribution in [0, 0.1) is 0 Å². The predicted octanol–water partition coefficient (Wildman–Crippen LogP) is 2.37. The Bertz CT molecular complexity index is 508. The zero-order chi connectivity index (χ0) is 13.1. The average molecular weight is 266 g/mol. The van der Waals surface area contributed by atoms with E-state index in [2.05, 4.69) is 0 Å². The van der Waals surface area contributed by atoms with Gasteiger partial charge in [0.05, 0.1) is 21.3 Å². The zero-order valence-electron chi connectivity index (χ0n) is 10.5. The highest BCUT2D eigenvalue weighted by atomic mass is 32.2. The summed E-state index contributed by atoms with van der Waals surface area (Å²) in [5.74, 6) is 1.66. The highest BCUT2D eigenvalue weighted by molar-refractivity contribution is 7.99. The second kappa shape index (κ2) is 5.35. The normalized spacial score (nSPS) is 13.4. The Kier molecular flexibility index (Phi) is 3.81. The number of thioether (sulfide) groups is 1. The number of hydrogen-bond acceptors (Lipinski definition) is 5. The molecule has 0 N–H and O–H groups in total. The van der Waals surface area contributed by atoms with E-state index < -0.39 is 0 Å². The molecule has 1 aliphatic heterocycles. The van der Waals surface area contributed by atoms with Crippen LogP contribution in [0.1, 0.15) is 5.56 Å². The molecule has 1 aromatic rings. The molecule has 0 fully saturated rings. The Balaban J connectivity index is 2.44. The number of rotatable bonds is 3. The lowest BCUT2D eigenvalue weighted by molar-refractivity contribution is -0.135. The molecule has 0 spiro atoms. The van der Waals surface area contributed by atoms with Gasteiger partial charge in [0.15, 0.2) is 11.5 Å². The monoisotopic (exact) mass is 266 g/mol. The molecule has 5 heteroatoms. The van der Waals surface area contributed by atoms with Crippen LogP contribution in [-0.4, -0.2) is 33.1 Å². The Labute approximate surface area is 110 Å². The van der Waals surface area contributed by atoms with Gasteiger partial charge in [0, 0.05) is 16.2 Å². The minimum absolute atomic E-state index is 0.289. The third-order valence-electron chi connectivity index (χ3n) is 2.68. The molecule has 1 heterocycles. The van der Waals surface area contributed by atoms with Crippen LogP contribution in [0.2, 0.25) is 0 Å². The minimum Gasteiger partial charge on any atom is -0.493 e. The van der Waals surface area contributed by atoms with Crippen LogP contribution in [0.4, 0.5) is 0 Å². The zero-order valence-corrected chi connectivity index (χ0v) is 11.3. The van der Waals surface area contributed by atoms with E-state index in [1.165, 1.54) is 7.11 Å². The number of ether oxygens (including phenoxy) is 3. The Hall–Kier alpha value is -1.62. The molecule has 4 nitrogen and oxygen atoms in total. The molecule has 0 aliphatic carbocycles. The van der Waals surface area contributed by atoms with Crippen molar-refractivity contribution in [2.75, 3.05) is 27.1 Å². The van der Waals surface area contributed by atoms with Crippen LogP contribution in [0.5, 0.6) is 11.5 Å². The summed E-state index contributed by atoms with van der Waals surface area (Å²) in [5, 5.41) is 0. The molecule has 0 saturated heterocycles. The fourth-order valence-corrected chi connectivity index (χ4v) is 2.73. The molecule has 1 aromatic carbocycles. The summed E-state index contributed by atoms with van der Waals surface area (Å²) in [6.45, 7) is 0.